The van der Waals surface area contributed by atoms with Crippen LogP contribution in [0.25, 0.3) is 0 Å². The molecule has 0 N–H and O–H groups in total. The van der Waals surface area contributed by atoms with Crippen LogP contribution in [0.3, 0.4) is 0 Å². The van der Waals surface area contributed by atoms with Crippen molar-refractivity contribution >= 4 is 17.9 Å². The van der Waals surface area contributed by atoms with Crippen molar-refractivity contribution in [3.63, 3.8) is 0 Å². The summed E-state index contributed by atoms with van der Waals surface area (Å²) in [4.78, 5) is 37.7. The molecule has 0 aliphatic rings. The minimum Gasteiger partial charge on any atom is -0.462 e. The molecule has 0 aliphatic carbocycles. The summed E-state index contributed by atoms with van der Waals surface area (Å²) in [5, 5.41) is 0. The predicted molar refractivity (Wildman–Crippen MR) is 229 cm³/mol. The average molecular weight is 765 g/mol. The van der Waals surface area contributed by atoms with Crippen molar-refractivity contribution in [1.29, 1.82) is 0 Å². The first-order valence-electron chi connectivity index (χ1n) is 23.7. The highest BCUT2D eigenvalue weighted by molar-refractivity contribution is 5.71. The Balaban J connectivity index is 4.33. The van der Waals surface area contributed by atoms with Gasteiger partial charge < -0.3 is 14.2 Å². The Labute approximate surface area is 336 Å². The van der Waals surface area contributed by atoms with Crippen molar-refractivity contribution in [3.05, 3.63) is 0 Å². The summed E-state index contributed by atoms with van der Waals surface area (Å²) in [7, 11) is 0. The molecule has 0 aromatic carbocycles. The third-order valence-electron chi connectivity index (χ3n) is 10.7. The van der Waals surface area contributed by atoms with E-state index in [2.05, 4.69) is 34.6 Å². The van der Waals surface area contributed by atoms with Gasteiger partial charge in [-0.3, -0.25) is 14.4 Å². The van der Waals surface area contributed by atoms with Crippen molar-refractivity contribution < 1.29 is 28.6 Å². The van der Waals surface area contributed by atoms with Crippen LogP contribution in [-0.4, -0.2) is 37.2 Å². The van der Waals surface area contributed by atoms with Crippen molar-refractivity contribution in [2.45, 2.75) is 265 Å². The van der Waals surface area contributed by atoms with Crippen molar-refractivity contribution in [1.82, 2.24) is 0 Å². The molecule has 1 atom stereocenters. The summed E-state index contributed by atoms with van der Waals surface area (Å²) in [5.74, 6) is 0.749. The minimum absolute atomic E-state index is 0.0648. The van der Waals surface area contributed by atoms with E-state index in [0.29, 0.717) is 19.3 Å². The van der Waals surface area contributed by atoms with Crippen LogP contribution in [0.1, 0.15) is 259 Å². The Morgan fingerprint density at radius 2 is 0.611 bits per heavy atom. The van der Waals surface area contributed by atoms with Gasteiger partial charge in [-0.2, -0.15) is 0 Å². The van der Waals surface area contributed by atoms with E-state index in [1.807, 2.05) is 0 Å². The minimum atomic E-state index is -0.761. The normalized spacial score (nSPS) is 12.1. The van der Waals surface area contributed by atoms with E-state index in [-0.39, 0.29) is 31.1 Å². The molecule has 0 aliphatic heterocycles. The summed E-state index contributed by atoms with van der Waals surface area (Å²) in [6.45, 7) is 11.3. The molecule has 0 rings (SSSR count). The molecule has 0 aromatic heterocycles. The molecule has 54 heavy (non-hydrogen) atoms. The Kier molecular flexibility index (Phi) is 39.8. The Morgan fingerprint density at radius 1 is 0.352 bits per heavy atom. The number of unbranched alkanes of at least 4 members (excludes halogenated alkanes) is 27. The van der Waals surface area contributed by atoms with Gasteiger partial charge in [0.25, 0.3) is 0 Å². The van der Waals surface area contributed by atoms with Gasteiger partial charge >= 0.3 is 17.9 Å². The lowest BCUT2D eigenvalue weighted by atomic mass is 10.0. The average Bonchev–Trinajstić information content (AvgIpc) is 3.14. The molecule has 0 radical (unpaired) electrons. The maximum Gasteiger partial charge on any atom is 0.306 e. The summed E-state index contributed by atoms with van der Waals surface area (Å²) in [6.07, 6.45) is 39.5. The van der Waals surface area contributed by atoms with Gasteiger partial charge in [-0.15, -0.1) is 0 Å². The Morgan fingerprint density at radius 3 is 0.907 bits per heavy atom. The van der Waals surface area contributed by atoms with E-state index in [9.17, 15) is 14.4 Å². The maximum atomic E-state index is 12.7. The number of esters is 3. The zero-order chi connectivity index (χ0) is 39.7. The van der Waals surface area contributed by atoms with Crippen molar-refractivity contribution in [2.24, 2.45) is 11.8 Å². The molecule has 0 heterocycles. The lowest BCUT2D eigenvalue weighted by Gasteiger charge is -2.18. The first-order valence-corrected chi connectivity index (χ1v) is 23.7. The van der Waals surface area contributed by atoms with Crippen LogP contribution in [0.5, 0.6) is 0 Å². The van der Waals surface area contributed by atoms with Crippen molar-refractivity contribution in [2.75, 3.05) is 13.2 Å². The van der Waals surface area contributed by atoms with E-state index in [0.717, 1.165) is 69.6 Å². The van der Waals surface area contributed by atoms with Crippen molar-refractivity contribution in [3.8, 4) is 0 Å². The Hall–Kier alpha value is -1.59. The fourth-order valence-electron chi connectivity index (χ4n) is 7.11. The number of hydrogen-bond acceptors (Lipinski definition) is 6. The highest BCUT2D eigenvalue weighted by Gasteiger charge is 2.19. The molecule has 0 amide bonds. The van der Waals surface area contributed by atoms with Gasteiger partial charge in [0.1, 0.15) is 13.2 Å². The number of hydrogen-bond donors (Lipinski definition) is 0. The second-order valence-electron chi connectivity index (χ2n) is 17.3. The number of rotatable bonds is 42. The lowest BCUT2D eigenvalue weighted by Crippen LogP contribution is -2.30. The number of carbonyl (C=O) groups is 3. The van der Waals surface area contributed by atoms with Gasteiger partial charge in [-0.25, -0.2) is 0 Å². The van der Waals surface area contributed by atoms with Crippen LogP contribution >= 0.6 is 0 Å². The van der Waals surface area contributed by atoms with Crippen LogP contribution < -0.4 is 0 Å². The SMILES string of the molecule is CCCCCCCCCCCCCCC(=O)OC[C@H](COC(=O)CCCCCCCCCC(C)C)OC(=O)CCCCCCCCCCCCCC(C)C. The molecule has 0 bridgehead atoms. The smallest absolute Gasteiger partial charge is 0.306 e. The molecule has 0 saturated carbocycles. The second kappa shape index (κ2) is 41.1. The monoisotopic (exact) mass is 765 g/mol. The highest BCUT2D eigenvalue weighted by atomic mass is 16.6. The summed E-state index contributed by atoms with van der Waals surface area (Å²) in [5.41, 5.74) is 0. The van der Waals surface area contributed by atoms with Crippen LogP contribution in [-0.2, 0) is 28.6 Å². The number of carbonyl (C=O) groups excluding carboxylic acids is 3. The molecule has 6 heteroatoms. The Bertz CT molecular complexity index is 824. The molecule has 320 valence electrons. The molecule has 0 spiro atoms. The predicted octanol–water partition coefficient (Wildman–Crippen LogP) is 15.0. The second-order valence-corrected chi connectivity index (χ2v) is 17.3. The number of ether oxygens (including phenoxy) is 3. The van der Waals surface area contributed by atoms with E-state index < -0.39 is 6.10 Å². The summed E-state index contributed by atoms with van der Waals surface area (Å²) < 4.78 is 16.7. The van der Waals surface area contributed by atoms with Crippen LogP contribution in [0, 0.1) is 11.8 Å². The van der Waals surface area contributed by atoms with Gasteiger partial charge in [0.2, 0.25) is 0 Å². The fourth-order valence-corrected chi connectivity index (χ4v) is 7.11. The largest absolute Gasteiger partial charge is 0.462 e. The van der Waals surface area contributed by atoms with Gasteiger partial charge in [-0.05, 0) is 31.1 Å². The highest BCUT2D eigenvalue weighted by Crippen LogP contribution is 2.17. The van der Waals surface area contributed by atoms with Gasteiger partial charge in [0, 0.05) is 19.3 Å². The van der Waals surface area contributed by atoms with Crippen LogP contribution in [0.2, 0.25) is 0 Å². The van der Waals surface area contributed by atoms with E-state index in [4.69, 9.17) is 14.2 Å². The molecule has 0 saturated heterocycles. The molecule has 6 nitrogen and oxygen atoms in total. The van der Waals surface area contributed by atoms with Gasteiger partial charge in [0.15, 0.2) is 6.10 Å². The molecule has 0 unspecified atom stereocenters. The topological polar surface area (TPSA) is 78.9 Å². The van der Waals surface area contributed by atoms with Crippen LogP contribution in [0.4, 0.5) is 0 Å². The first-order chi connectivity index (χ1) is 26.2. The zero-order valence-electron chi connectivity index (χ0n) is 36.8. The van der Waals surface area contributed by atoms with E-state index in [1.165, 1.54) is 148 Å². The standard InChI is InChI=1S/C48H92O6/c1-6-7-8-9-10-11-12-15-18-23-28-33-38-46(49)52-41-45(42-53-47(50)39-34-29-25-20-22-27-32-37-44(4)5)54-48(51)40-35-30-24-19-16-13-14-17-21-26-31-36-43(2)3/h43-45H,6-42H2,1-5H3/t45-/m1/s1. The zero-order valence-corrected chi connectivity index (χ0v) is 36.8. The molecular formula is C48H92O6. The van der Waals surface area contributed by atoms with E-state index in [1.54, 1.807) is 0 Å². The fraction of sp³-hybridized carbons (Fsp3) is 0.938. The molecule has 0 fully saturated rings. The summed E-state index contributed by atoms with van der Waals surface area (Å²) >= 11 is 0. The molecule has 0 aromatic rings. The quantitative estimate of drug-likeness (QED) is 0.0350. The summed E-state index contributed by atoms with van der Waals surface area (Å²) in [6, 6.07) is 0. The third kappa shape index (κ3) is 41.6. The molecular weight excluding hydrogens is 673 g/mol. The van der Waals surface area contributed by atoms with E-state index >= 15 is 0 Å². The van der Waals surface area contributed by atoms with Gasteiger partial charge in [-0.1, -0.05) is 221 Å². The van der Waals surface area contributed by atoms with Crippen LogP contribution in [0.15, 0.2) is 0 Å². The third-order valence-corrected chi connectivity index (χ3v) is 10.7. The van der Waals surface area contributed by atoms with Gasteiger partial charge in [0.05, 0.1) is 0 Å². The maximum absolute atomic E-state index is 12.7. The lowest BCUT2D eigenvalue weighted by molar-refractivity contribution is -0.167. The first kappa shape index (κ1) is 52.4.